The van der Waals surface area contributed by atoms with Gasteiger partial charge in [-0.05, 0) is 6.42 Å². The Morgan fingerprint density at radius 2 is 1.02 bits per heavy atom. The zero-order chi connectivity index (χ0) is 34.0. The van der Waals surface area contributed by atoms with Crippen molar-refractivity contribution in [3.63, 3.8) is 0 Å². The van der Waals surface area contributed by atoms with Crippen LogP contribution in [-0.2, 0) is 76.2 Å². The molecule has 10 atom stereocenters. The van der Waals surface area contributed by atoms with Gasteiger partial charge in [0.1, 0.15) is 18.8 Å². The van der Waals surface area contributed by atoms with Gasteiger partial charge in [-0.25, -0.2) is 0 Å². The van der Waals surface area contributed by atoms with Crippen LogP contribution in [0.25, 0.3) is 0 Å². The van der Waals surface area contributed by atoms with Crippen molar-refractivity contribution in [3.05, 3.63) is 0 Å². The van der Waals surface area contributed by atoms with Gasteiger partial charge < -0.3 is 47.9 Å². The number of rotatable bonds is 12. The second kappa shape index (κ2) is 17.0. The molecule has 0 aromatic carbocycles. The van der Waals surface area contributed by atoms with Crippen molar-refractivity contribution in [2.75, 3.05) is 20.3 Å². The van der Waals surface area contributed by atoms with Crippen LogP contribution in [-0.4, -0.2) is 117 Å². The maximum Gasteiger partial charge on any atom is 0.303 e. The number of methoxy groups -OCH3 is 1. The molecule has 0 unspecified atom stereocenters. The summed E-state index contributed by atoms with van der Waals surface area (Å²) in [6.07, 6.45) is -9.02. The molecule has 0 aromatic rings. The van der Waals surface area contributed by atoms with Gasteiger partial charge in [0.15, 0.2) is 30.7 Å². The molecule has 0 amide bonds. The molecule has 1 saturated heterocycles. The molecule has 2 aliphatic rings. The number of hydrogen-bond acceptors (Lipinski definition) is 17. The highest BCUT2D eigenvalue weighted by molar-refractivity contribution is 5.69. The maximum absolute atomic E-state index is 12.3. The largest absolute Gasteiger partial charge is 0.465 e. The van der Waals surface area contributed by atoms with Crippen molar-refractivity contribution < 1.29 is 76.2 Å². The fourth-order valence-electron chi connectivity index (χ4n) is 5.38. The molecule has 254 valence electrons. The SMILES string of the molecule is CO[C@H]1O[C@H](COC(C)=O)[C@@H](N[C@H]2C[C@H](COC(C)=O)[C@@H](OC(C)=O)[C@H](OC(C)=O)[C@H]2OC(C)=O)[C@H](OC(C)=O)[C@H]1OC(C)=O. The van der Waals surface area contributed by atoms with E-state index in [4.69, 9.17) is 42.6 Å². The average Bonchev–Trinajstić information content (AvgIpc) is 2.90. The van der Waals surface area contributed by atoms with E-state index in [9.17, 15) is 33.6 Å². The standard InChI is InChI=1S/C28H41NO16/c1-12(30)38-10-19-9-20(24(41-15(4)33)26(43-17(6)35)23(19)40-14(3)32)29-22-21(11-39-13(2)31)45-28(37-8)27(44-18(7)36)25(22)42-16(5)34/h19-29H,9-11H2,1-8H3/t19-,20+,21-,22-,23-,24+,25+,26+,27-,28+/m1/s1. The van der Waals surface area contributed by atoms with Crippen LogP contribution in [0.2, 0.25) is 0 Å². The Morgan fingerprint density at radius 1 is 0.578 bits per heavy atom. The van der Waals surface area contributed by atoms with Crippen molar-refractivity contribution in [1.82, 2.24) is 5.32 Å². The quantitative estimate of drug-likeness (QED) is 0.208. The Bertz CT molecular complexity index is 1110. The Labute approximate surface area is 259 Å². The summed E-state index contributed by atoms with van der Waals surface area (Å²) in [6, 6.07) is -2.15. The number of carbonyl (C=O) groups is 7. The molecule has 45 heavy (non-hydrogen) atoms. The van der Waals surface area contributed by atoms with Crippen LogP contribution in [0.1, 0.15) is 54.9 Å². The summed E-state index contributed by atoms with van der Waals surface area (Å²) in [5, 5.41) is 3.20. The van der Waals surface area contributed by atoms with Gasteiger partial charge in [0, 0.05) is 67.5 Å². The molecule has 2 rings (SSSR count). The molecule has 17 heteroatoms. The van der Waals surface area contributed by atoms with E-state index in [-0.39, 0.29) is 19.6 Å². The zero-order valence-electron chi connectivity index (χ0n) is 26.4. The van der Waals surface area contributed by atoms with Crippen LogP contribution < -0.4 is 5.32 Å². The molecular weight excluding hydrogens is 606 g/mol. The summed E-state index contributed by atoms with van der Waals surface area (Å²) >= 11 is 0. The minimum absolute atomic E-state index is 0.0313. The molecule has 1 aliphatic heterocycles. The lowest BCUT2D eigenvalue weighted by atomic mass is 9.78. The number of esters is 7. The fourth-order valence-corrected chi connectivity index (χ4v) is 5.38. The third-order valence-corrected chi connectivity index (χ3v) is 6.82. The van der Waals surface area contributed by atoms with Crippen LogP contribution >= 0.6 is 0 Å². The maximum atomic E-state index is 12.3. The van der Waals surface area contributed by atoms with Crippen LogP contribution in [0.15, 0.2) is 0 Å². The first-order valence-corrected chi connectivity index (χ1v) is 14.1. The molecule has 17 nitrogen and oxygen atoms in total. The lowest BCUT2D eigenvalue weighted by Crippen LogP contribution is -2.70. The normalized spacial score (nSPS) is 31.0. The van der Waals surface area contributed by atoms with Gasteiger partial charge in [-0.3, -0.25) is 33.6 Å². The van der Waals surface area contributed by atoms with Crippen LogP contribution in [0.3, 0.4) is 0 Å². The summed E-state index contributed by atoms with van der Waals surface area (Å²) in [5.74, 6) is -5.97. The molecule has 1 aliphatic carbocycles. The first kappa shape index (κ1) is 37.4. The third-order valence-electron chi connectivity index (χ3n) is 6.82. The highest BCUT2D eigenvalue weighted by Crippen LogP contribution is 2.35. The van der Waals surface area contributed by atoms with E-state index in [1.54, 1.807) is 0 Å². The first-order valence-electron chi connectivity index (χ1n) is 14.1. The van der Waals surface area contributed by atoms with E-state index < -0.39 is 103 Å². The van der Waals surface area contributed by atoms with E-state index in [2.05, 4.69) is 5.32 Å². The van der Waals surface area contributed by atoms with E-state index in [0.29, 0.717) is 0 Å². The van der Waals surface area contributed by atoms with Gasteiger partial charge in [-0.2, -0.15) is 0 Å². The molecule has 0 radical (unpaired) electrons. The Kier molecular flexibility index (Phi) is 14.1. The van der Waals surface area contributed by atoms with Crippen molar-refractivity contribution in [2.24, 2.45) is 5.92 Å². The molecule has 0 bridgehead atoms. The highest BCUT2D eigenvalue weighted by atomic mass is 16.7. The second-order valence-corrected chi connectivity index (χ2v) is 10.5. The Hall–Kier alpha value is -3.83. The van der Waals surface area contributed by atoms with Crippen molar-refractivity contribution >= 4 is 41.8 Å². The smallest absolute Gasteiger partial charge is 0.303 e. The third kappa shape index (κ3) is 11.2. The van der Waals surface area contributed by atoms with Gasteiger partial charge in [0.05, 0.1) is 12.6 Å². The van der Waals surface area contributed by atoms with E-state index in [1.807, 2.05) is 0 Å². The number of ether oxygens (including phenoxy) is 9. The van der Waals surface area contributed by atoms with Gasteiger partial charge in [-0.1, -0.05) is 0 Å². The van der Waals surface area contributed by atoms with Gasteiger partial charge in [-0.15, -0.1) is 0 Å². The summed E-state index contributed by atoms with van der Waals surface area (Å²) in [7, 11) is 1.26. The van der Waals surface area contributed by atoms with Gasteiger partial charge >= 0.3 is 41.8 Å². The van der Waals surface area contributed by atoms with Gasteiger partial charge in [0.2, 0.25) is 0 Å². The number of carbonyl (C=O) groups excluding carboxylic acids is 7. The minimum atomic E-state index is -1.40. The van der Waals surface area contributed by atoms with E-state index >= 15 is 0 Å². The number of nitrogens with one attached hydrogen (secondary N) is 1. The van der Waals surface area contributed by atoms with Crippen LogP contribution in [0, 0.1) is 5.92 Å². The Morgan fingerprint density at radius 3 is 1.51 bits per heavy atom. The topological polar surface area (TPSA) is 215 Å². The fraction of sp³-hybridized carbons (Fsp3) is 0.750. The first-order chi connectivity index (χ1) is 21.0. The van der Waals surface area contributed by atoms with Crippen molar-refractivity contribution in [3.8, 4) is 0 Å². The van der Waals surface area contributed by atoms with Crippen molar-refractivity contribution in [2.45, 2.75) is 110 Å². The average molecular weight is 648 g/mol. The summed E-state index contributed by atoms with van der Waals surface area (Å²) < 4.78 is 49.4. The van der Waals surface area contributed by atoms with Crippen molar-refractivity contribution in [1.29, 1.82) is 0 Å². The van der Waals surface area contributed by atoms with Crippen LogP contribution in [0.4, 0.5) is 0 Å². The predicted molar refractivity (Wildman–Crippen MR) is 146 cm³/mol. The molecular formula is C28H41NO16. The monoisotopic (exact) mass is 647 g/mol. The number of hydrogen-bond donors (Lipinski definition) is 1. The zero-order valence-corrected chi connectivity index (χ0v) is 26.4. The minimum Gasteiger partial charge on any atom is -0.465 e. The lowest BCUT2D eigenvalue weighted by molar-refractivity contribution is -0.282. The lowest BCUT2D eigenvalue weighted by Gasteiger charge is -2.49. The summed E-state index contributed by atoms with van der Waals surface area (Å²) in [4.78, 5) is 84.5. The Balaban J connectivity index is 2.69. The second-order valence-electron chi connectivity index (χ2n) is 10.5. The molecule has 0 aromatic heterocycles. The summed E-state index contributed by atoms with van der Waals surface area (Å²) in [5.41, 5.74) is 0. The van der Waals surface area contributed by atoms with E-state index in [0.717, 1.165) is 34.6 Å². The molecule has 1 saturated carbocycles. The van der Waals surface area contributed by atoms with E-state index in [1.165, 1.54) is 21.0 Å². The highest BCUT2D eigenvalue weighted by Gasteiger charge is 2.55. The van der Waals surface area contributed by atoms with Crippen LogP contribution in [0.5, 0.6) is 0 Å². The van der Waals surface area contributed by atoms with Gasteiger partial charge in [0.25, 0.3) is 0 Å². The molecule has 1 N–H and O–H groups in total. The predicted octanol–water partition coefficient (Wildman–Crippen LogP) is -0.511. The molecule has 1 heterocycles. The molecule has 0 spiro atoms. The summed E-state index contributed by atoms with van der Waals surface area (Å²) in [6.45, 7) is 7.26. The molecule has 2 fully saturated rings.